The fraction of sp³-hybridized carbons (Fsp3) is 1.00. The standard InChI is InChI=1S/C12H28N4.C9H23N3/c1-13-5-7-14(2)9-11-16(4)12-10-15(3)8-6-13;1-10(2)6-8-12(5)9-7-11(3)4/h5-12H2,1-4H3;6-9H2,1-5H3. The van der Waals surface area contributed by atoms with Crippen LogP contribution in [0.2, 0.25) is 0 Å². The minimum absolute atomic E-state index is 1.14. The van der Waals surface area contributed by atoms with Crippen LogP contribution in [0, 0.1) is 0 Å². The van der Waals surface area contributed by atoms with Crippen molar-refractivity contribution in [3.8, 4) is 0 Å². The largest absolute Gasteiger partial charge is 0.308 e. The molecule has 0 aromatic rings. The fourth-order valence-electron chi connectivity index (χ4n) is 2.67. The molecule has 0 bridgehead atoms. The third-order valence-electron chi connectivity index (χ3n) is 5.31. The van der Waals surface area contributed by atoms with Crippen LogP contribution in [0.4, 0.5) is 0 Å². The minimum Gasteiger partial charge on any atom is -0.308 e. The molecule has 0 unspecified atom stereocenters. The van der Waals surface area contributed by atoms with Crippen molar-refractivity contribution in [2.75, 3.05) is 142 Å². The van der Waals surface area contributed by atoms with E-state index in [0.29, 0.717) is 0 Å². The molecule has 0 aromatic heterocycles. The van der Waals surface area contributed by atoms with Crippen LogP contribution >= 0.6 is 0 Å². The van der Waals surface area contributed by atoms with Gasteiger partial charge in [-0.25, -0.2) is 0 Å². The molecule has 0 saturated carbocycles. The summed E-state index contributed by atoms with van der Waals surface area (Å²) in [5, 5.41) is 0. The van der Waals surface area contributed by atoms with Gasteiger partial charge >= 0.3 is 0 Å². The summed E-state index contributed by atoms with van der Waals surface area (Å²) in [6.45, 7) is 14.0. The molecule has 0 amide bonds. The molecule has 170 valence electrons. The Balaban J connectivity index is 0.000000546. The van der Waals surface area contributed by atoms with Gasteiger partial charge in [0.25, 0.3) is 0 Å². The second-order valence-corrected chi connectivity index (χ2v) is 9.12. The predicted octanol–water partition coefficient (Wildman–Crippen LogP) is -0.231. The first kappa shape index (κ1) is 27.7. The molecule has 0 spiro atoms. The van der Waals surface area contributed by atoms with E-state index in [1.807, 2.05) is 0 Å². The summed E-state index contributed by atoms with van der Waals surface area (Å²) >= 11 is 0. The minimum atomic E-state index is 1.14. The van der Waals surface area contributed by atoms with Crippen LogP contribution in [0.25, 0.3) is 0 Å². The highest BCUT2D eigenvalue weighted by molar-refractivity contribution is 4.65. The van der Waals surface area contributed by atoms with Crippen molar-refractivity contribution < 1.29 is 0 Å². The Kier molecular flexibility index (Phi) is 16.3. The Labute approximate surface area is 176 Å². The van der Waals surface area contributed by atoms with Gasteiger partial charge in [0, 0.05) is 78.5 Å². The molecule has 0 radical (unpaired) electrons. The van der Waals surface area contributed by atoms with E-state index in [0.717, 1.165) is 26.2 Å². The van der Waals surface area contributed by atoms with Crippen molar-refractivity contribution in [1.82, 2.24) is 34.3 Å². The lowest BCUT2D eigenvalue weighted by atomic mass is 10.4. The average molecular weight is 402 g/mol. The SMILES string of the molecule is CN(C)CCN(C)CCN(C)C.CN1CCN(C)CCN(C)CCN(C)CC1. The Morgan fingerprint density at radius 2 is 0.643 bits per heavy atom. The van der Waals surface area contributed by atoms with Crippen LogP contribution in [0.1, 0.15) is 0 Å². The molecule has 1 saturated heterocycles. The smallest absolute Gasteiger partial charge is 0.0107 e. The predicted molar refractivity (Wildman–Crippen MR) is 125 cm³/mol. The highest BCUT2D eigenvalue weighted by Crippen LogP contribution is 1.94. The van der Waals surface area contributed by atoms with E-state index in [4.69, 9.17) is 0 Å². The molecule has 1 aliphatic heterocycles. The van der Waals surface area contributed by atoms with Gasteiger partial charge in [0.05, 0.1) is 0 Å². The van der Waals surface area contributed by atoms with Crippen LogP contribution in [0.5, 0.6) is 0 Å². The van der Waals surface area contributed by atoms with Crippen LogP contribution in [-0.2, 0) is 0 Å². The quantitative estimate of drug-likeness (QED) is 0.606. The maximum atomic E-state index is 2.43. The van der Waals surface area contributed by atoms with E-state index in [9.17, 15) is 0 Å². The number of hydrogen-bond donors (Lipinski definition) is 0. The van der Waals surface area contributed by atoms with Crippen molar-refractivity contribution in [3.63, 3.8) is 0 Å². The highest BCUT2D eigenvalue weighted by Gasteiger charge is 2.08. The first-order valence-corrected chi connectivity index (χ1v) is 10.8. The molecular weight excluding hydrogens is 350 g/mol. The summed E-state index contributed by atoms with van der Waals surface area (Å²) in [5.74, 6) is 0. The van der Waals surface area contributed by atoms with Gasteiger partial charge in [0.2, 0.25) is 0 Å². The van der Waals surface area contributed by atoms with E-state index in [1.165, 1.54) is 52.4 Å². The van der Waals surface area contributed by atoms with Crippen molar-refractivity contribution in [2.45, 2.75) is 0 Å². The summed E-state index contributed by atoms with van der Waals surface area (Å²) in [4.78, 5) is 16.5. The second-order valence-electron chi connectivity index (χ2n) is 9.12. The maximum Gasteiger partial charge on any atom is 0.0107 e. The van der Waals surface area contributed by atoms with E-state index < -0.39 is 0 Å². The van der Waals surface area contributed by atoms with Crippen LogP contribution in [0.3, 0.4) is 0 Å². The number of rotatable bonds is 6. The normalized spacial score (nSPS) is 20.1. The first-order chi connectivity index (χ1) is 13.1. The van der Waals surface area contributed by atoms with Crippen molar-refractivity contribution in [3.05, 3.63) is 0 Å². The summed E-state index contributed by atoms with van der Waals surface area (Å²) in [6, 6.07) is 0. The Hall–Kier alpha value is -0.280. The van der Waals surface area contributed by atoms with E-state index in [2.05, 4.69) is 97.7 Å². The summed E-state index contributed by atoms with van der Waals surface area (Å²) in [6.07, 6.45) is 0. The highest BCUT2D eigenvalue weighted by atomic mass is 15.2. The maximum absolute atomic E-state index is 2.43. The molecular formula is C21H51N7. The van der Waals surface area contributed by atoms with Gasteiger partial charge < -0.3 is 34.3 Å². The Bertz CT molecular complexity index is 284. The first-order valence-electron chi connectivity index (χ1n) is 10.8. The van der Waals surface area contributed by atoms with Gasteiger partial charge in [-0.2, -0.15) is 0 Å². The molecule has 1 aliphatic rings. The van der Waals surface area contributed by atoms with Gasteiger partial charge in [-0.05, 0) is 63.4 Å². The molecule has 0 atom stereocenters. The van der Waals surface area contributed by atoms with Crippen molar-refractivity contribution in [1.29, 1.82) is 0 Å². The fourth-order valence-corrected chi connectivity index (χ4v) is 2.67. The van der Waals surface area contributed by atoms with E-state index >= 15 is 0 Å². The zero-order valence-corrected chi connectivity index (χ0v) is 20.6. The van der Waals surface area contributed by atoms with E-state index in [-0.39, 0.29) is 0 Å². The zero-order chi connectivity index (χ0) is 21.5. The van der Waals surface area contributed by atoms with Crippen LogP contribution in [0.15, 0.2) is 0 Å². The molecule has 1 heterocycles. The summed E-state index contributed by atoms with van der Waals surface area (Å²) < 4.78 is 0. The molecule has 1 rings (SSSR count). The van der Waals surface area contributed by atoms with Crippen LogP contribution < -0.4 is 0 Å². The number of hydrogen-bond acceptors (Lipinski definition) is 7. The van der Waals surface area contributed by atoms with Crippen molar-refractivity contribution in [2.24, 2.45) is 0 Å². The third kappa shape index (κ3) is 17.8. The van der Waals surface area contributed by atoms with Gasteiger partial charge in [-0.15, -0.1) is 0 Å². The molecule has 0 N–H and O–H groups in total. The van der Waals surface area contributed by atoms with Gasteiger partial charge in [0.1, 0.15) is 0 Å². The molecule has 0 aromatic carbocycles. The third-order valence-corrected chi connectivity index (χ3v) is 5.31. The molecule has 7 heteroatoms. The van der Waals surface area contributed by atoms with E-state index in [1.54, 1.807) is 0 Å². The molecule has 1 fully saturated rings. The Morgan fingerprint density at radius 1 is 0.429 bits per heavy atom. The van der Waals surface area contributed by atoms with Crippen LogP contribution in [-0.4, -0.2) is 176 Å². The number of nitrogens with zero attached hydrogens (tertiary/aromatic N) is 7. The summed E-state index contributed by atoms with van der Waals surface area (Å²) in [7, 11) is 19.5. The van der Waals surface area contributed by atoms with Gasteiger partial charge in [-0.1, -0.05) is 0 Å². The molecule has 28 heavy (non-hydrogen) atoms. The lowest BCUT2D eigenvalue weighted by Crippen LogP contribution is -2.42. The Morgan fingerprint density at radius 3 is 0.821 bits per heavy atom. The lowest BCUT2D eigenvalue weighted by molar-refractivity contribution is 0.181. The lowest BCUT2D eigenvalue weighted by Gasteiger charge is -2.28. The molecule has 7 nitrogen and oxygen atoms in total. The molecule has 0 aliphatic carbocycles. The van der Waals surface area contributed by atoms with Gasteiger partial charge in [0.15, 0.2) is 0 Å². The van der Waals surface area contributed by atoms with Crippen molar-refractivity contribution >= 4 is 0 Å². The second kappa shape index (κ2) is 16.5. The summed E-state index contributed by atoms with van der Waals surface area (Å²) in [5.41, 5.74) is 0. The monoisotopic (exact) mass is 401 g/mol. The zero-order valence-electron chi connectivity index (χ0n) is 20.6. The number of likely N-dealkylation sites (N-methyl/N-ethyl adjacent to an activating group) is 7. The van der Waals surface area contributed by atoms with Gasteiger partial charge in [-0.3, -0.25) is 0 Å². The average Bonchev–Trinajstić information content (AvgIpc) is 2.63. The topological polar surface area (TPSA) is 22.7 Å².